The quantitative estimate of drug-likeness (QED) is 0.418. The predicted octanol–water partition coefficient (Wildman–Crippen LogP) is 0.185. The lowest BCUT2D eigenvalue weighted by atomic mass is 10.1. The van der Waals surface area contributed by atoms with E-state index in [-0.39, 0.29) is 36.3 Å². The summed E-state index contributed by atoms with van der Waals surface area (Å²) in [6.45, 7) is 3.05. The molecule has 1 amide bonds. The molecule has 0 radical (unpaired) electrons. The van der Waals surface area contributed by atoms with Gasteiger partial charge < -0.3 is 10.0 Å². The number of carbonyl (C=O) groups excluding carboxylic acids is 1. The van der Waals surface area contributed by atoms with E-state index in [4.69, 9.17) is 5.11 Å². The molecule has 0 saturated carbocycles. The van der Waals surface area contributed by atoms with Crippen molar-refractivity contribution in [3.05, 3.63) is 52.3 Å². The van der Waals surface area contributed by atoms with Gasteiger partial charge in [0.1, 0.15) is 6.33 Å². The van der Waals surface area contributed by atoms with Crippen molar-refractivity contribution < 1.29 is 14.8 Å². The molecule has 1 aromatic heterocycles. The van der Waals surface area contributed by atoms with E-state index in [0.717, 1.165) is 5.56 Å². The smallest absolute Gasteiger partial charge is 0.355 e. The summed E-state index contributed by atoms with van der Waals surface area (Å²) in [5.41, 5.74) is 5.55. The summed E-state index contributed by atoms with van der Waals surface area (Å²) in [5, 5.41) is 20.7. The summed E-state index contributed by atoms with van der Waals surface area (Å²) < 4.78 is 0. The third-order valence-electron chi connectivity index (χ3n) is 4.60. The van der Waals surface area contributed by atoms with Gasteiger partial charge in [0, 0.05) is 32.7 Å². The molecule has 3 N–H and O–H groups in total. The normalized spacial score (nSPS) is 14.4. The first kappa shape index (κ1) is 20.4. The molecule has 1 aliphatic heterocycles. The molecule has 1 aromatic carbocycles. The van der Waals surface area contributed by atoms with Gasteiger partial charge in [-0.1, -0.05) is 30.3 Å². The zero-order valence-corrected chi connectivity index (χ0v) is 15.8. The van der Waals surface area contributed by atoms with Gasteiger partial charge in [-0.05, 0) is 5.56 Å². The number of nitrogens with one attached hydrogen (secondary N) is 2. The van der Waals surface area contributed by atoms with Crippen LogP contribution in [0.2, 0.25) is 0 Å². The fraction of sp³-hybridized carbons (Fsp3) is 0.389. The maximum atomic E-state index is 12.1. The molecule has 0 unspecified atom stereocenters. The highest BCUT2D eigenvalue weighted by molar-refractivity contribution is 5.81. The van der Waals surface area contributed by atoms with Crippen LogP contribution in [-0.4, -0.2) is 70.1 Å². The molecule has 3 rings (SSSR count). The number of anilines is 2. The maximum Gasteiger partial charge on any atom is 0.355 e. The number of hydrogen-bond acceptors (Lipinski definition) is 9. The van der Waals surface area contributed by atoms with Crippen LogP contribution in [0.15, 0.2) is 36.7 Å². The summed E-state index contributed by atoms with van der Waals surface area (Å²) in [4.78, 5) is 35.2. The van der Waals surface area contributed by atoms with Crippen LogP contribution in [0.3, 0.4) is 0 Å². The van der Waals surface area contributed by atoms with Gasteiger partial charge in [0.2, 0.25) is 17.5 Å². The molecule has 0 spiro atoms. The number of hydrazine groups is 1. The Kier molecular flexibility index (Phi) is 6.87. The Morgan fingerprint density at radius 3 is 2.55 bits per heavy atom. The van der Waals surface area contributed by atoms with Crippen molar-refractivity contribution in [1.82, 2.24) is 20.3 Å². The van der Waals surface area contributed by atoms with E-state index in [1.165, 1.54) is 6.33 Å². The topological polar surface area (TPSA) is 137 Å². The molecule has 2 aromatic rings. The highest BCUT2D eigenvalue weighted by Crippen LogP contribution is 2.31. The summed E-state index contributed by atoms with van der Waals surface area (Å²) in [7, 11) is 0. The monoisotopic (exact) mass is 401 g/mol. The number of benzene rings is 1. The van der Waals surface area contributed by atoms with Crippen LogP contribution in [0.4, 0.5) is 17.3 Å². The van der Waals surface area contributed by atoms with Gasteiger partial charge in [0.05, 0.1) is 18.0 Å². The third-order valence-corrected chi connectivity index (χ3v) is 4.60. The predicted molar refractivity (Wildman–Crippen MR) is 106 cm³/mol. The Morgan fingerprint density at radius 1 is 1.17 bits per heavy atom. The molecule has 11 heteroatoms. The van der Waals surface area contributed by atoms with E-state index in [1.807, 2.05) is 35.2 Å². The van der Waals surface area contributed by atoms with Gasteiger partial charge in [-0.2, -0.15) is 0 Å². The second-order valence-corrected chi connectivity index (χ2v) is 6.54. The van der Waals surface area contributed by atoms with Crippen LogP contribution < -0.4 is 15.8 Å². The van der Waals surface area contributed by atoms with Gasteiger partial charge in [-0.15, -0.1) is 0 Å². The van der Waals surface area contributed by atoms with Crippen LogP contribution in [0.25, 0.3) is 0 Å². The Bertz CT molecular complexity index is 841. The van der Waals surface area contributed by atoms with Crippen LogP contribution in [0.5, 0.6) is 0 Å². The molecule has 0 aliphatic carbocycles. The fourth-order valence-electron chi connectivity index (χ4n) is 3.14. The zero-order valence-electron chi connectivity index (χ0n) is 15.8. The first-order valence-electron chi connectivity index (χ1n) is 9.25. The van der Waals surface area contributed by atoms with E-state index >= 15 is 0 Å². The number of hydrogen-bond donors (Lipinski definition) is 3. The van der Waals surface area contributed by atoms with Crippen molar-refractivity contribution in [2.45, 2.75) is 6.42 Å². The Hall–Kier alpha value is -3.31. The lowest BCUT2D eigenvalue weighted by molar-refractivity contribution is -0.383. The molecule has 1 fully saturated rings. The fourth-order valence-corrected chi connectivity index (χ4v) is 3.14. The number of aromatic nitrogens is 2. The second-order valence-electron chi connectivity index (χ2n) is 6.54. The number of nitrogens with zero attached hydrogens (tertiary/aromatic N) is 5. The number of aliphatic hydroxyl groups is 1. The van der Waals surface area contributed by atoms with Crippen LogP contribution in [-0.2, 0) is 11.2 Å². The average Bonchev–Trinajstić information content (AvgIpc) is 2.73. The van der Waals surface area contributed by atoms with Crippen LogP contribution >= 0.6 is 0 Å². The average molecular weight is 401 g/mol. The van der Waals surface area contributed by atoms with Gasteiger partial charge in [-0.3, -0.25) is 30.7 Å². The van der Waals surface area contributed by atoms with Gasteiger partial charge in [0.25, 0.3) is 0 Å². The van der Waals surface area contributed by atoms with Crippen molar-refractivity contribution in [3.8, 4) is 0 Å². The van der Waals surface area contributed by atoms with E-state index in [0.29, 0.717) is 32.7 Å². The summed E-state index contributed by atoms with van der Waals surface area (Å²) in [6.07, 6.45) is 1.36. The Labute approximate surface area is 167 Å². The first-order valence-corrected chi connectivity index (χ1v) is 9.25. The molecular weight excluding hydrogens is 378 g/mol. The third kappa shape index (κ3) is 5.36. The van der Waals surface area contributed by atoms with E-state index in [1.54, 1.807) is 0 Å². The van der Waals surface area contributed by atoms with Gasteiger partial charge in [0.15, 0.2) is 0 Å². The number of rotatable bonds is 8. The SMILES string of the molecule is O=C(Cc1ccccc1)NNc1ncnc(N2CCN(CCO)CC2)c1[N+](=O)[O-]. The number of amides is 1. The first-order chi connectivity index (χ1) is 14.1. The molecule has 0 atom stereocenters. The molecule has 1 aliphatic rings. The minimum Gasteiger partial charge on any atom is -0.395 e. The maximum absolute atomic E-state index is 12.1. The van der Waals surface area contributed by atoms with E-state index in [2.05, 4.69) is 25.7 Å². The number of carbonyl (C=O) groups is 1. The number of piperazine rings is 1. The molecule has 2 heterocycles. The molecular formula is C18H23N7O4. The molecule has 11 nitrogen and oxygen atoms in total. The van der Waals surface area contributed by atoms with E-state index < -0.39 is 4.92 Å². The summed E-state index contributed by atoms with van der Waals surface area (Å²) in [5.74, 6) is -0.212. The Balaban J connectivity index is 1.69. The van der Waals surface area contributed by atoms with Crippen molar-refractivity contribution in [1.29, 1.82) is 0 Å². The molecule has 1 saturated heterocycles. The van der Waals surface area contributed by atoms with Gasteiger partial charge in [-0.25, -0.2) is 9.97 Å². The van der Waals surface area contributed by atoms with Gasteiger partial charge >= 0.3 is 5.69 Å². The van der Waals surface area contributed by atoms with Crippen molar-refractivity contribution in [3.63, 3.8) is 0 Å². The summed E-state index contributed by atoms with van der Waals surface area (Å²) in [6, 6.07) is 9.16. The van der Waals surface area contributed by atoms with Crippen molar-refractivity contribution in [2.24, 2.45) is 0 Å². The van der Waals surface area contributed by atoms with Crippen LogP contribution in [0, 0.1) is 10.1 Å². The minimum atomic E-state index is -0.554. The Morgan fingerprint density at radius 2 is 1.90 bits per heavy atom. The standard InChI is InChI=1S/C18H23N7O4/c26-11-10-23-6-8-24(9-7-23)18-16(25(28)29)17(19-13-20-18)22-21-15(27)12-14-4-2-1-3-5-14/h1-5,13,26H,6-12H2,(H,21,27)(H,19,20,22). The number of aliphatic hydroxyl groups excluding tert-OH is 1. The molecule has 29 heavy (non-hydrogen) atoms. The zero-order chi connectivity index (χ0) is 20.6. The van der Waals surface area contributed by atoms with Crippen molar-refractivity contribution in [2.75, 3.05) is 49.7 Å². The molecule has 0 bridgehead atoms. The lowest BCUT2D eigenvalue weighted by Crippen LogP contribution is -2.47. The lowest BCUT2D eigenvalue weighted by Gasteiger charge is -2.34. The second kappa shape index (κ2) is 9.75. The van der Waals surface area contributed by atoms with Crippen molar-refractivity contribution >= 4 is 23.2 Å². The highest BCUT2D eigenvalue weighted by atomic mass is 16.6. The number of nitro groups is 1. The largest absolute Gasteiger partial charge is 0.395 e. The molecule has 154 valence electrons. The summed E-state index contributed by atoms with van der Waals surface area (Å²) >= 11 is 0. The van der Waals surface area contributed by atoms with E-state index in [9.17, 15) is 14.9 Å². The van der Waals surface area contributed by atoms with Crippen LogP contribution in [0.1, 0.15) is 5.56 Å². The highest BCUT2D eigenvalue weighted by Gasteiger charge is 2.29. The minimum absolute atomic E-state index is 0.0702. The number of β-amino-alcohol motifs (C(OH)–C–C–N with tert-alkyl or cyclic N) is 1.